The molecule has 0 bridgehead atoms. The minimum absolute atomic E-state index is 0.00660. The maximum absolute atomic E-state index is 13.3. The van der Waals surface area contributed by atoms with Crippen LogP contribution in [0.25, 0.3) is 11.0 Å². The Hall–Kier alpha value is -5.55. The van der Waals surface area contributed by atoms with Gasteiger partial charge in [-0.3, -0.25) is 19.2 Å². The van der Waals surface area contributed by atoms with E-state index < -0.39 is 184 Å². The van der Waals surface area contributed by atoms with Crippen LogP contribution in [0.1, 0.15) is 115 Å². The van der Waals surface area contributed by atoms with Gasteiger partial charge in [0.2, 0.25) is 24.0 Å². The van der Waals surface area contributed by atoms with E-state index in [4.69, 9.17) is 37.9 Å². The number of aliphatic hydroxyl groups excluding tert-OH is 10. The summed E-state index contributed by atoms with van der Waals surface area (Å²) in [5.41, 5.74) is 0.0519. The summed E-state index contributed by atoms with van der Waals surface area (Å²) in [6.45, 7) is -2.41. The summed E-state index contributed by atoms with van der Waals surface area (Å²) in [5, 5.41) is 145. The summed E-state index contributed by atoms with van der Waals surface area (Å²) in [6.07, 6.45) is -19.5. The molecule has 2 aromatic rings. The number of nitrogens with one attached hydrogen (secondary N) is 3. The van der Waals surface area contributed by atoms with Crippen LogP contribution >= 0.6 is 0 Å². The highest BCUT2D eigenvalue weighted by molar-refractivity contribution is 5.87. The molecule has 6 unspecified atom stereocenters. The van der Waals surface area contributed by atoms with Crippen LogP contribution in [0.4, 0.5) is 0 Å². The highest BCUT2D eigenvalue weighted by atomic mass is 16.8. The van der Waals surface area contributed by atoms with Crippen LogP contribution in [-0.2, 0) is 52.5 Å². The van der Waals surface area contributed by atoms with E-state index in [1.54, 1.807) is 13.0 Å². The van der Waals surface area contributed by atoms with Crippen LogP contribution < -0.4 is 26.3 Å². The molecule has 84 heavy (non-hydrogen) atoms. The largest absolute Gasteiger partial charge is 0.481 e. The molecule has 5 rings (SSSR count). The second-order valence-corrected chi connectivity index (χ2v) is 21.3. The molecule has 0 radical (unpaired) electrons. The van der Waals surface area contributed by atoms with Crippen molar-refractivity contribution in [2.75, 3.05) is 26.4 Å². The fourth-order valence-corrected chi connectivity index (χ4v) is 10.2. The maximum Gasteiger partial charge on any atom is 0.364 e. The molecule has 30 heteroatoms. The fourth-order valence-electron chi connectivity index (χ4n) is 10.2. The van der Waals surface area contributed by atoms with Crippen molar-refractivity contribution in [3.8, 4) is 5.75 Å². The number of aliphatic carboxylic acids is 3. The Labute approximate surface area is 481 Å². The monoisotopic (exact) mass is 1200 g/mol. The summed E-state index contributed by atoms with van der Waals surface area (Å²) in [6, 6.07) is 2.25. The Kier molecular flexibility index (Phi) is 27.5. The van der Waals surface area contributed by atoms with Crippen LogP contribution in [0.3, 0.4) is 0 Å². The van der Waals surface area contributed by atoms with Gasteiger partial charge in [-0.25, -0.2) is 14.4 Å². The van der Waals surface area contributed by atoms with Crippen LogP contribution in [0.2, 0.25) is 0 Å². The van der Waals surface area contributed by atoms with Crippen molar-refractivity contribution in [2.24, 2.45) is 0 Å². The summed E-state index contributed by atoms with van der Waals surface area (Å²) in [7, 11) is 0. The summed E-state index contributed by atoms with van der Waals surface area (Å²) in [5.74, 6) is -10.1. The lowest BCUT2D eigenvalue weighted by Crippen LogP contribution is -2.71. The van der Waals surface area contributed by atoms with E-state index in [9.17, 15) is 94.8 Å². The van der Waals surface area contributed by atoms with Gasteiger partial charge in [-0.2, -0.15) is 0 Å². The van der Waals surface area contributed by atoms with E-state index >= 15 is 0 Å². The molecule has 30 nitrogen and oxygen atoms in total. The third-order valence-corrected chi connectivity index (χ3v) is 14.9. The molecule has 16 N–H and O–H groups in total. The zero-order valence-corrected chi connectivity index (χ0v) is 46.4. The second-order valence-electron chi connectivity index (χ2n) is 21.3. The normalized spacial score (nSPS) is 29.1. The molecule has 1 aromatic carbocycles. The number of ether oxygens (including phenoxy) is 6. The van der Waals surface area contributed by atoms with Gasteiger partial charge in [0.15, 0.2) is 6.29 Å². The number of amides is 3. The minimum Gasteiger partial charge on any atom is -0.481 e. The van der Waals surface area contributed by atoms with Gasteiger partial charge in [-0.1, -0.05) is 64.2 Å². The van der Waals surface area contributed by atoms with Crippen molar-refractivity contribution in [3.63, 3.8) is 0 Å². The molecule has 3 aliphatic heterocycles. The van der Waals surface area contributed by atoms with Gasteiger partial charge in [0, 0.05) is 43.2 Å². The molecule has 3 fully saturated rings. The number of rotatable bonds is 35. The highest BCUT2D eigenvalue weighted by Gasteiger charge is 2.60. The minimum atomic E-state index is -3.25. The molecule has 17 atom stereocenters. The van der Waals surface area contributed by atoms with E-state index in [2.05, 4.69) is 16.0 Å². The lowest BCUT2D eigenvalue weighted by molar-refractivity contribution is -0.384. The van der Waals surface area contributed by atoms with Gasteiger partial charge in [-0.15, -0.1) is 0 Å². The van der Waals surface area contributed by atoms with Crippen LogP contribution in [0.5, 0.6) is 5.75 Å². The Morgan fingerprint density at radius 2 is 1.31 bits per heavy atom. The quantitative estimate of drug-likeness (QED) is 0.0246. The third-order valence-electron chi connectivity index (χ3n) is 14.9. The molecule has 4 heterocycles. The SMILES string of the molecule is Cc1cc(=O)oc2cc(O[C@@H]3OC(CO)[C@@H](O[C@@H]4OC(CO)[C@H](O)C(O[C@]5(C(=O)O)C[C@@H](O)[C@@H](NC(=O)CNC(=O)CC[C@H](NC(=O)CCCCCCCCCCCCCCC(=O)O)C(=O)O)C(C(O)[C@H](O)CO)O5)[C@@H]4O)C(O)[C@@H]3O)ccc12. The third kappa shape index (κ3) is 19.5. The van der Waals surface area contributed by atoms with Gasteiger partial charge < -0.3 is 115 Å². The molecule has 3 aliphatic rings. The molecule has 0 spiro atoms. The number of carboxylic acids is 3. The molecule has 1 aromatic heterocycles. The first-order valence-electron chi connectivity index (χ1n) is 28.1. The topological polar surface area (TPSA) is 487 Å². The number of hydrogen-bond acceptors (Lipinski definition) is 24. The van der Waals surface area contributed by atoms with Crippen LogP contribution in [0, 0.1) is 6.92 Å². The van der Waals surface area contributed by atoms with Crippen LogP contribution in [0.15, 0.2) is 33.5 Å². The number of carboxylic acid groups (broad SMARTS) is 3. The van der Waals surface area contributed by atoms with Gasteiger partial charge in [0.1, 0.15) is 84.5 Å². The van der Waals surface area contributed by atoms with E-state index in [1.165, 1.54) is 18.2 Å². The molecular weight excluding hydrogens is 1120 g/mol. The van der Waals surface area contributed by atoms with Crippen molar-refractivity contribution >= 4 is 46.6 Å². The zero-order valence-electron chi connectivity index (χ0n) is 46.4. The standard InChI is InChI=1S/C54H81N3O27/c1-27-20-40(68)79-33-21-28(16-17-29(27)33)78-51-45(72)44(71)47(35(26-60)81-51)82-52-46(73)49(43(70)34(25-59)80-52)84-54(53(76)77)22-31(61)41(48(83-54)42(69)32(62)24-58)57-38(65)23-55-36(63)19-18-30(50(74)75)56-37(64)14-12-10-8-6-4-2-3-5-7-9-11-13-15-39(66)67/h16-17,20-21,30-32,34-35,41-49,51-52,58-62,69-73H,2-15,18-19,22-26H2,1H3,(H,55,63)(H,56,64)(H,57,65)(H,66,67)(H,74,75)(H,76,77)/t30-,31+,32+,34?,35?,41+,42?,43-,44?,45-,46-,47+,48?,49?,51+,52-,54-/m0/s1. The number of fused-ring (bicyclic) bond motifs is 1. The molecule has 0 aliphatic carbocycles. The molecular formula is C54H81N3O27. The van der Waals surface area contributed by atoms with Crippen molar-refractivity contribution in [1.82, 2.24) is 16.0 Å². The number of carbonyl (C=O) groups is 6. The van der Waals surface area contributed by atoms with Crippen molar-refractivity contribution in [1.29, 1.82) is 0 Å². The lowest BCUT2D eigenvalue weighted by Gasteiger charge is -2.50. The number of aliphatic hydroxyl groups is 10. The van der Waals surface area contributed by atoms with Gasteiger partial charge in [-0.05, 0) is 43.9 Å². The Balaban J connectivity index is 1.14. The first-order chi connectivity index (χ1) is 39.9. The predicted molar refractivity (Wildman–Crippen MR) is 284 cm³/mol. The summed E-state index contributed by atoms with van der Waals surface area (Å²) < 4.78 is 39.4. The number of hydrogen-bond donors (Lipinski definition) is 16. The van der Waals surface area contributed by atoms with Crippen molar-refractivity contribution < 1.29 is 128 Å². The Bertz CT molecular complexity index is 2520. The molecule has 3 saturated heterocycles. The molecule has 3 amide bonds. The average molecular weight is 1200 g/mol. The summed E-state index contributed by atoms with van der Waals surface area (Å²) in [4.78, 5) is 86.4. The fraction of sp³-hybridized carbons (Fsp3) is 0.722. The lowest BCUT2D eigenvalue weighted by atomic mass is 9.88. The van der Waals surface area contributed by atoms with Gasteiger partial charge in [0.05, 0.1) is 38.5 Å². The zero-order chi connectivity index (χ0) is 61.8. The van der Waals surface area contributed by atoms with Crippen LogP contribution in [-0.4, -0.2) is 232 Å². The highest BCUT2D eigenvalue weighted by Crippen LogP contribution is 2.39. The van der Waals surface area contributed by atoms with E-state index in [-0.39, 0.29) is 30.6 Å². The molecule has 474 valence electrons. The first-order valence-corrected chi connectivity index (χ1v) is 28.1. The first kappa shape index (κ1) is 69.2. The van der Waals surface area contributed by atoms with E-state index in [0.717, 1.165) is 64.2 Å². The average Bonchev–Trinajstić information content (AvgIpc) is 1.69. The smallest absolute Gasteiger partial charge is 0.364 e. The van der Waals surface area contributed by atoms with Gasteiger partial charge >= 0.3 is 23.5 Å². The Morgan fingerprint density at radius 1 is 0.702 bits per heavy atom. The molecule has 0 saturated carbocycles. The van der Waals surface area contributed by atoms with Crippen molar-refractivity contribution in [2.45, 2.75) is 220 Å². The second kappa shape index (κ2) is 33.4. The number of aryl methyl sites for hydroxylation is 1. The number of carbonyl (C=O) groups excluding carboxylic acids is 3. The number of unbranched alkanes of at least 4 members (excludes halogenated alkanes) is 11. The van der Waals surface area contributed by atoms with E-state index in [1.807, 2.05) is 0 Å². The predicted octanol–water partition coefficient (Wildman–Crippen LogP) is -2.73. The van der Waals surface area contributed by atoms with Crippen molar-refractivity contribution in [3.05, 3.63) is 40.2 Å². The summed E-state index contributed by atoms with van der Waals surface area (Å²) >= 11 is 0. The number of benzene rings is 1. The Morgan fingerprint density at radius 3 is 1.89 bits per heavy atom. The maximum atomic E-state index is 13.3. The van der Waals surface area contributed by atoms with E-state index in [0.29, 0.717) is 23.8 Å². The van der Waals surface area contributed by atoms with Gasteiger partial charge in [0.25, 0.3) is 5.79 Å².